The van der Waals surface area contributed by atoms with Crippen molar-refractivity contribution in [1.82, 2.24) is 0 Å². The van der Waals surface area contributed by atoms with E-state index in [2.05, 4.69) is 0 Å². The first-order valence-electron chi connectivity index (χ1n) is 7.63. The second kappa shape index (κ2) is 7.38. The van der Waals surface area contributed by atoms with Crippen molar-refractivity contribution >= 4 is 12.1 Å². The Labute approximate surface area is 140 Å². The number of ketones is 1. The van der Waals surface area contributed by atoms with Crippen molar-refractivity contribution < 1.29 is 14.3 Å². The van der Waals surface area contributed by atoms with Crippen LogP contribution in [0, 0.1) is 0 Å². The predicted octanol–water partition coefficient (Wildman–Crippen LogP) is 4.31. The molecule has 0 aromatic heterocycles. The smallest absolute Gasteiger partial charge is 0.193 e. The Bertz CT molecular complexity index is 836. The van der Waals surface area contributed by atoms with E-state index in [1.165, 1.54) is 0 Å². The molecule has 0 radical (unpaired) electrons. The van der Waals surface area contributed by atoms with Gasteiger partial charge in [-0.15, -0.1) is 0 Å². The maximum atomic E-state index is 12.3. The maximum absolute atomic E-state index is 12.3. The molecule has 3 nitrogen and oxygen atoms in total. The molecule has 0 bridgehead atoms. The zero-order chi connectivity index (χ0) is 16.8. The normalized spacial score (nSPS) is 10.2. The lowest BCUT2D eigenvalue weighted by molar-refractivity contribution is 0.103. The van der Waals surface area contributed by atoms with Gasteiger partial charge in [-0.1, -0.05) is 66.7 Å². The zero-order valence-electron chi connectivity index (χ0n) is 13.0. The minimum Gasteiger partial charge on any atom is -0.489 e. The standard InChI is InChI=1S/C21H16O3/c22-14-17-5-4-8-20(13-17)24-15-16-9-11-19(12-10-16)21(23)18-6-2-1-3-7-18/h1-14H,15H2. The fourth-order valence-corrected chi connectivity index (χ4v) is 2.35. The van der Waals surface area contributed by atoms with Crippen LogP contribution in [0.2, 0.25) is 0 Å². The Hall–Kier alpha value is -3.20. The van der Waals surface area contributed by atoms with Crippen molar-refractivity contribution in [2.75, 3.05) is 0 Å². The minimum atomic E-state index is 0.00162. The zero-order valence-corrected chi connectivity index (χ0v) is 13.0. The molecule has 0 atom stereocenters. The summed E-state index contributed by atoms with van der Waals surface area (Å²) in [6, 6.07) is 23.6. The fourth-order valence-electron chi connectivity index (χ4n) is 2.35. The number of rotatable bonds is 6. The summed E-state index contributed by atoms with van der Waals surface area (Å²) >= 11 is 0. The molecular formula is C21H16O3. The monoisotopic (exact) mass is 316 g/mol. The van der Waals surface area contributed by atoms with Crippen molar-refractivity contribution in [1.29, 1.82) is 0 Å². The highest BCUT2D eigenvalue weighted by molar-refractivity contribution is 6.08. The Morgan fingerprint density at radius 2 is 1.54 bits per heavy atom. The Kier molecular flexibility index (Phi) is 4.82. The minimum absolute atomic E-state index is 0.00162. The van der Waals surface area contributed by atoms with Crippen molar-refractivity contribution in [2.24, 2.45) is 0 Å². The van der Waals surface area contributed by atoms with Crippen LogP contribution >= 0.6 is 0 Å². The van der Waals surface area contributed by atoms with Crippen LogP contribution in [0.4, 0.5) is 0 Å². The van der Waals surface area contributed by atoms with Crippen molar-refractivity contribution in [3.8, 4) is 5.75 Å². The number of benzene rings is 3. The number of hydrogen-bond acceptors (Lipinski definition) is 3. The Balaban J connectivity index is 1.66. The molecule has 3 aromatic rings. The lowest BCUT2D eigenvalue weighted by Crippen LogP contribution is -2.02. The molecule has 3 heteroatoms. The van der Waals surface area contributed by atoms with Crippen LogP contribution < -0.4 is 4.74 Å². The molecule has 3 aromatic carbocycles. The van der Waals surface area contributed by atoms with Crippen LogP contribution in [0.1, 0.15) is 31.8 Å². The molecule has 0 unspecified atom stereocenters. The Morgan fingerprint density at radius 3 is 2.25 bits per heavy atom. The topological polar surface area (TPSA) is 43.4 Å². The highest BCUT2D eigenvalue weighted by Gasteiger charge is 2.08. The third-order valence-corrected chi connectivity index (χ3v) is 3.65. The highest BCUT2D eigenvalue weighted by Crippen LogP contribution is 2.16. The van der Waals surface area contributed by atoms with Crippen molar-refractivity contribution in [3.05, 3.63) is 101 Å². The third kappa shape index (κ3) is 3.76. The number of aldehydes is 1. The first kappa shape index (κ1) is 15.7. The number of carbonyl (C=O) groups excluding carboxylic acids is 2. The second-order valence-corrected chi connectivity index (χ2v) is 5.37. The largest absolute Gasteiger partial charge is 0.489 e. The average molecular weight is 316 g/mol. The van der Waals surface area contributed by atoms with Crippen LogP contribution in [0.15, 0.2) is 78.9 Å². The summed E-state index contributed by atoms with van der Waals surface area (Å²) in [5.74, 6) is 0.644. The molecule has 0 fully saturated rings. The molecule has 0 aliphatic carbocycles. The lowest BCUT2D eigenvalue weighted by Gasteiger charge is -2.07. The van der Waals surface area contributed by atoms with E-state index in [1.54, 1.807) is 48.5 Å². The molecule has 0 heterocycles. The van der Waals surface area contributed by atoms with Gasteiger partial charge in [-0.25, -0.2) is 0 Å². The van der Waals surface area contributed by atoms with Gasteiger partial charge in [0.25, 0.3) is 0 Å². The first-order chi connectivity index (χ1) is 11.8. The summed E-state index contributed by atoms with van der Waals surface area (Å²) in [6.07, 6.45) is 0.789. The van der Waals surface area contributed by atoms with Gasteiger partial charge >= 0.3 is 0 Å². The molecule has 0 saturated carbocycles. The Morgan fingerprint density at radius 1 is 0.833 bits per heavy atom. The first-order valence-corrected chi connectivity index (χ1v) is 7.63. The molecule has 24 heavy (non-hydrogen) atoms. The molecule has 0 aliphatic rings. The molecule has 0 saturated heterocycles. The molecule has 3 rings (SSSR count). The molecule has 0 spiro atoms. The summed E-state index contributed by atoms with van der Waals surface area (Å²) in [7, 11) is 0. The van der Waals surface area contributed by atoms with Gasteiger partial charge in [-0.05, 0) is 17.7 Å². The van der Waals surface area contributed by atoms with E-state index in [9.17, 15) is 9.59 Å². The summed E-state index contributed by atoms with van der Waals surface area (Å²) in [6.45, 7) is 0.377. The van der Waals surface area contributed by atoms with Gasteiger partial charge in [-0.3, -0.25) is 9.59 Å². The summed E-state index contributed by atoms with van der Waals surface area (Å²) in [5, 5.41) is 0. The van der Waals surface area contributed by atoms with E-state index in [1.807, 2.05) is 30.3 Å². The van der Waals surface area contributed by atoms with Gasteiger partial charge in [0, 0.05) is 16.7 Å². The van der Waals surface area contributed by atoms with Crippen LogP contribution in [-0.4, -0.2) is 12.1 Å². The average Bonchev–Trinajstić information content (AvgIpc) is 2.67. The molecular weight excluding hydrogens is 300 g/mol. The number of carbonyl (C=O) groups is 2. The number of ether oxygens (including phenoxy) is 1. The lowest BCUT2D eigenvalue weighted by atomic mass is 10.0. The van der Waals surface area contributed by atoms with E-state index >= 15 is 0 Å². The van der Waals surface area contributed by atoms with Gasteiger partial charge in [0.15, 0.2) is 5.78 Å². The molecule has 0 N–H and O–H groups in total. The second-order valence-electron chi connectivity index (χ2n) is 5.37. The van der Waals surface area contributed by atoms with Gasteiger partial charge in [0.05, 0.1) is 0 Å². The molecule has 0 aliphatic heterocycles. The van der Waals surface area contributed by atoms with E-state index in [0.29, 0.717) is 29.0 Å². The van der Waals surface area contributed by atoms with E-state index < -0.39 is 0 Å². The van der Waals surface area contributed by atoms with Crippen LogP contribution in [0.3, 0.4) is 0 Å². The van der Waals surface area contributed by atoms with Crippen molar-refractivity contribution in [2.45, 2.75) is 6.61 Å². The summed E-state index contributed by atoms with van der Waals surface area (Å²) < 4.78 is 5.68. The number of hydrogen-bond donors (Lipinski definition) is 0. The molecule has 118 valence electrons. The highest BCUT2D eigenvalue weighted by atomic mass is 16.5. The fraction of sp³-hybridized carbons (Fsp3) is 0.0476. The quantitative estimate of drug-likeness (QED) is 0.503. The maximum Gasteiger partial charge on any atom is 0.193 e. The van der Waals surface area contributed by atoms with Crippen molar-refractivity contribution in [3.63, 3.8) is 0 Å². The van der Waals surface area contributed by atoms with Gasteiger partial charge in [-0.2, -0.15) is 0 Å². The van der Waals surface area contributed by atoms with Gasteiger partial charge in [0.2, 0.25) is 0 Å². The summed E-state index contributed by atoms with van der Waals surface area (Å²) in [5.41, 5.74) is 2.85. The van der Waals surface area contributed by atoms with Crippen LogP contribution in [-0.2, 0) is 6.61 Å². The van der Waals surface area contributed by atoms with Gasteiger partial charge in [0.1, 0.15) is 18.6 Å². The summed E-state index contributed by atoms with van der Waals surface area (Å²) in [4.78, 5) is 23.1. The molecule has 0 amide bonds. The van der Waals surface area contributed by atoms with Crippen LogP contribution in [0.5, 0.6) is 5.75 Å². The predicted molar refractivity (Wildman–Crippen MR) is 92.5 cm³/mol. The van der Waals surface area contributed by atoms with Crippen LogP contribution in [0.25, 0.3) is 0 Å². The van der Waals surface area contributed by atoms with E-state index in [0.717, 1.165) is 11.8 Å². The third-order valence-electron chi connectivity index (χ3n) is 3.65. The SMILES string of the molecule is O=Cc1cccc(OCc2ccc(C(=O)c3ccccc3)cc2)c1. The van der Waals surface area contributed by atoms with Gasteiger partial charge < -0.3 is 4.74 Å². The van der Waals surface area contributed by atoms with E-state index in [4.69, 9.17) is 4.74 Å². The van der Waals surface area contributed by atoms with E-state index in [-0.39, 0.29) is 5.78 Å².